The number of halogens is 2. The van der Waals surface area contributed by atoms with Crippen molar-refractivity contribution in [1.82, 2.24) is 4.98 Å². The van der Waals surface area contributed by atoms with E-state index in [4.69, 9.17) is 5.11 Å². The minimum Gasteiger partial charge on any atom is -0.449 e. The van der Waals surface area contributed by atoms with Gasteiger partial charge in [0.1, 0.15) is 0 Å². The number of rotatable bonds is 2. The third-order valence-corrected chi connectivity index (χ3v) is 1.98. The second-order valence-electron chi connectivity index (χ2n) is 2.07. The molecule has 1 heterocycles. The molecule has 0 unspecified atom stereocenters. The van der Waals surface area contributed by atoms with Gasteiger partial charge in [0.05, 0.1) is 5.01 Å². The molecule has 0 saturated heterocycles. The van der Waals surface area contributed by atoms with Crippen molar-refractivity contribution in [1.29, 1.82) is 0 Å². The summed E-state index contributed by atoms with van der Waals surface area (Å²) in [5.74, 6) is 0. The molecule has 0 fully saturated rings. The van der Waals surface area contributed by atoms with Gasteiger partial charge in [-0.25, -0.2) is 18.6 Å². The number of ether oxygens (including phenoxy) is 1. The average molecular weight is 209 g/mol. The highest BCUT2D eigenvalue weighted by Crippen LogP contribution is 2.33. The third-order valence-electron chi connectivity index (χ3n) is 1.11. The van der Waals surface area contributed by atoms with Gasteiger partial charge >= 0.3 is 6.16 Å². The van der Waals surface area contributed by atoms with E-state index in [2.05, 4.69) is 9.72 Å². The van der Waals surface area contributed by atoms with Crippen molar-refractivity contribution in [3.8, 4) is 5.06 Å². The summed E-state index contributed by atoms with van der Waals surface area (Å²) in [6.07, 6.45) is -4.44. The fourth-order valence-electron chi connectivity index (χ4n) is 0.715. The van der Waals surface area contributed by atoms with E-state index in [0.29, 0.717) is 5.01 Å². The normalized spacial score (nSPS) is 10.5. The van der Waals surface area contributed by atoms with Crippen LogP contribution in [0.3, 0.4) is 0 Å². The van der Waals surface area contributed by atoms with Crippen LogP contribution in [-0.4, -0.2) is 16.2 Å². The zero-order chi connectivity index (χ0) is 10.0. The van der Waals surface area contributed by atoms with Gasteiger partial charge in [-0.3, -0.25) is 0 Å². The first-order valence-corrected chi connectivity index (χ1v) is 3.98. The van der Waals surface area contributed by atoms with E-state index in [1.54, 1.807) is 0 Å². The van der Waals surface area contributed by atoms with Crippen LogP contribution in [0.2, 0.25) is 0 Å². The number of thiazole rings is 1. The Bertz CT molecular complexity index is 326. The molecular formula is C6H5F2NO3S. The second-order valence-corrected chi connectivity index (χ2v) is 3.24. The molecule has 0 atom stereocenters. The molecule has 0 aliphatic rings. The Hall–Kier alpha value is -1.24. The molecule has 0 saturated carbocycles. The Morgan fingerprint density at radius 1 is 1.69 bits per heavy atom. The van der Waals surface area contributed by atoms with Crippen molar-refractivity contribution in [2.75, 3.05) is 0 Å². The maximum atomic E-state index is 12.2. The highest BCUT2D eigenvalue weighted by molar-refractivity contribution is 7.13. The lowest BCUT2D eigenvalue weighted by Gasteiger charge is -1.97. The molecule has 13 heavy (non-hydrogen) atoms. The molecule has 0 amide bonds. The average Bonchev–Trinajstić information content (AvgIpc) is 2.29. The molecule has 0 aliphatic carbocycles. The third kappa shape index (κ3) is 2.35. The molecule has 1 N–H and O–H groups in total. The molecule has 0 aromatic carbocycles. The summed E-state index contributed by atoms with van der Waals surface area (Å²) in [6.45, 7) is 1.49. The summed E-state index contributed by atoms with van der Waals surface area (Å²) in [4.78, 5) is 13.5. The highest BCUT2D eigenvalue weighted by atomic mass is 32.1. The molecule has 1 aromatic heterocycles. The summed E-state index contributed by atoms with van der Waals surface area (Å²) in [6, 6.07) is 0. The quantitative estimate of drug-likeness (QED) is 0.760. The molecule has 0 spiro atoms. The number of hydrogen-bond donors (Lipinski definition) is 1. The van der Waals surface area contributed by atoms with Gasteiger partial charge < -0.3 is 9.84 Å². The maximum absolute atomic E-state index is 12.2. The van der Waals surface area contributed by atoms with Gasteiger partial charge in [0.25, 0.3) is 6.43 Å². The number of alkyl halides is 2. The van der Waals surface area contributed by atoms with Crippen LogP contribution >= 0.6 is 11.3 Å². The molecule has 1 aromatic rings. The lowest BCUT2D eigenvalue weighted by atomic mass is 10.5. The molecular weight excluding hydrogens is 204 g/mol. The summed E-state index contributed by atoms with van der Waals surface area (Å²) >= 11 is 0.777. The van der Waals surface area contributed by atoms with Gasteiger partial charge in [-0.15, -0.1) is 0 Å². The topological polar surface area (TPSA) is 59.4 Å². The van der Waals surface area contributed by atoms with Gasteiger partial charge in [-0.1, -0.05) is 11.3 Å². The van der Waals surface area contributed by atoms with Crippen molar-refractivity contribution in [2.24, 2.45) is 0 Å². The SMILES string of the molecule is Cc1nc(C(F)F)c(OC(=O)O)s1. The lowest BCUT2D eigenvalue weighted by Crippen LogP contribution is -2.03. The van der Waals surface area contributed by atoms with Gasteiger partial charge in [-0.2, -0.15) is 0 Å². The minimum atomic E-state index is -2.82. The van der Waals surface area contributed by atoms with Crippen molar-refractivity contribution < 1.29 is 23.4 Å². The smallest absolute Gasteiger partial charge is 0.449 e. The Morgan fingerprint density at radius 2 is 2.31 bits per heavy atom. The second kappa shape index (κ2) is 3.65. The van der Waals surface area contributed by atoms with Crippen LogP contribution in [-0.2, 0) is 0 Å². The van der Waals surface area contributed by atoms with E-state index in [1.165, 1.54) is 6.92 Å². The first kappa shape index (κ1) is 9.85. The summed E-state index contributed by atoms with van der Waals surface area (Å²) in [5, 5.41) is 8.17. The fourth-order valence-corrected chi connectivity index (χ4v) is 1.48. The highest BCUT2D eigenvalue weighted by Gasteiger charge is 2.21. The van der Waals surface area contributed by atoms with Crippen LogP contribution in [0.5, 0.6) is 5.06 Å². The molecule has 7 heteroatoms. The Balaban J connectivity index is 2.97. The van der Waals surface area contributed by atoms with Crippen molar-refractivity contribution in [3.05, 3.63) is 10.7 Å². The van der Waals surface area contributed by atoms with E-state index in [-0.39, 0.29) is 5.06 Å². The summed E-state index contributed by atoms with van der Waals surface area (Å²) in [5.41, 5.74) is -0.620. The zero-order valence-corrected chi connectivity index (χ0v) is 7.27. The number of aromatic nitrogens is 1. The number of carboxylic acid groups (broad SMARTS) is 1. The monoisotopic (exact) mass is 209 g/mol. The minimum absolute atomic E-state index is 0.339. The number of hydrogen-bond acceptors (Lipinski definition) is 4. The predicted molar refractivity (Wildman–Crippen MR) is 40.5 cm³/mol. The van der Waals surface area contributed by atoms with Crippen LogP contribution < -0.4 is 4.74 Å². The lowest BCUT2D eigenvalue weighted by molar-refractivity contribution is 0.130. The van der Waals surface area contributed by atoms with Crippen molar-refractivity contribution in [3.63, 3.8) is 0 Å². The summed E-state index contributed by atoms with van der Waals surface area (Å²) in [7, 11) is 0. The van der Waals surface area contributed by atoms with Crippen LogP contribution in [0.1, 0.15) is 17.1 Å². The Morgan fingerprint density at radius 3 is 2.77 bits per heavy atom. The number of carbonyl (C=O) groups is 1. The van der Waals surface area contributed by atoms with Crippen LogP contribution in [0.4, 0.5) is 13.6 Å². The molecule has 0 bridgehead atoms. The number of aryl methyl sites for hydroxylation is 1. The van der Waals surface area contributed by atoms with E-state index >= 15 is 0 Å². The Kier molecular flexibility index (Phi) is 2.76. The summed E-state index contributed by atoms with van der Waals surface area (Å²) < 4.78 is 28.4. The zero-order valence-electron chi connectivity index (χ0n) is 6.45. The van der Waals surface area contributed by atoms with Gasteiger partial charge in [0, 0.05) is 0 Å². The number of nitrogens with zero attached hydrogens (tertiary/aromatic N) is 1. The van der Waals surface area contributed by atoms with E-state index in [0.717, 1.165) is 11.3 Å². The first-order valence-electron chi connectivity index (χ1n) is 3.17. The first-order chi connectivity index (χ1) is 6.00. The molecule has 0 aliphatic heterocycles. The Labute approximate surface area is 75.8 Å². The largest absolute Gasteiger partial charge is 0.512 e. The van der Waals surface area contributed by atoms with Crippen molar-refractivity contribution in [2.45, 2.75) is 13.3 Å². The predicted octanol–water partition coefficient (Wildman–Crippen LogP) is 2.45. The van der Waals surface area contributed by atoms with Gasteiger partial charge in [-0.05, 0) is 6.92 Å². The molecule has 4 nitrogen and oxygen atoms in total. The van der Waals surface area contributed by atoms with Gasteiger partial charge in [0.15, 0.2) is 5.69 Å². The van der Waals surface area contributed by atoms with Crippen LogP contribution in [0.25, 0.3) is 0 Å². The standard InChI is InChI=1S/C6H5F2NO3S/c1-2-9-3(4(7)8)5(13-2)12-6(10)11/h4H,1H3,(H,10,11). The maximum Gasteiger partial charge on any atom is 0.512 e. The van der Waals surface area contributed by atoms with Gasteiger partial charge in [0.2, 0.25) is 5.06 Å². The van der Waals surface area contributed by atoms with Crippen LogP contribution in [0, 0.1) is 6.92 Å². The van der Waals surface area contributed by atoms with E-state index in [1.807, 2.05) is 0 Å². The van der Waals surface area contributed by atoms with E-state index in [9.17, 15) is 13.6 Å². The van der Waals surface area contributed by atoms with E-state index < -0.39 is 18.3 Å². The molecule has 0 radical (unpaired) electrons. The fraction of sp³-hybridized carbons (Fsp3) is 0.333. The van der Waals surface area contributed by atoms with Crippen molar-refractivity contribution >= 4 is 17.5 Å². The molecule has 72 valence electrons. The van der Waals surface area contributed by atoms with Crippen LogP contribution in [0.15, 0.2) is 0 Å². The molecule has 1 rings (SSSR count).